The van der Waals surface area contributed by atoms with E-state index in [0.29, 0.717) is 25.8 Å². The number of aliphatic carboxylic acids is 1. The van der Waals surface area contributed by atoms with Crippen LogP contribution in [0.25, 0.3) is 0 Å². The maximum atomic E-state index is 13.2. The highest BCUT2D eigenvalue weighted by Gasteiger charge is 2.32. The van der Waals surface area contributed by atoms with Crippen molar-refractivity contribution in [2.45, 2.75) is 96.9 Å². The molecule has 0 saturated carbocycles. The normalized spacial score (nSPS) is 14.9. The van der Waals surface area contributed by atoms with E-state index in [9.17, 15) is 29.1 Å². The Labute approximate surface area is 242 Å². The molecule has 0 fully saturated rings. The van der Waals surface area contributed by atoms with E-state index in [2.05, 4.69) is 21.3 Å². The van der Waals surface area contributed by atoms with Crippen LogP contribution in [0.3, 0.4) is 0 Å². The number of carbonyl (C=O) groups excluding carboxylic acids is 4. The van der Waals surface area contributed by atoms with Crippen molar-refractivity contribution in [2.24, 2.45) is 23.3 Å². The lowest BCUT2D eigenvalue weighted by Crippen LogP contribution is -2.59. The zero-order chi connectivity index (χ0) is 31.1. The molecule has 0 aliphatic heterocycles. The first-order valence-electron chi connectivity index (χ1n) is 14.2. The molecular weight excluding hydrogens is 528 g/mol. The number of nitrogens with one attached hydrogen (secondary N) is 4. The summed E-state index contributed by atoms with van der Waals surface area (Å²) in [5.41, 5.74) is 12.2. The van der Waals surface area contributed by atoms with Crippen LogP contribution in [0.5, 0.6) is 0 Å². The molecule has 12 heteroatoms. The van der Waals surface area contributed by atoms with Gasteiger partial charge in [-0.3, -0.25) is 19.2 Å². The predicted molar refractivity (Wildman–Crippen MR) is 156 cm³/mol. The van der Waals surface area contributed by atoms with Gasteiger partial charge in [0.05, 0.1) is 6.04 Å². The Morgan fingerprint density at radius 3 is 1.93 bits per heavy atom. The van der Waals surface area contributed by atoms with Crippen molar-refractivity contribution in [1.82, 2.24) is 21.3 Å². The highest BCUT2D eigenvalue weighted by Crippen LogP contribution is 2.10. The molecule has 9 N–H and O–H groups in total. The molecule has 0 bridgehead atoms. The van der Waals surface area contributed by atoms with Crippen molar-refractivity contribution in [1.29, 1.82) is 0 Å². The topological polar surface area (TPSA) is 206 Å². The van der Waals surface area contributed by atoms with Gasteiger partial charge in [-0.05, 0) is 50.1 Å². The van der Waals surface area contributed by atoms with Crippen molar-refractivity contribution >= 4 is 29.6 Å². The van der Waals surface area contributed by atoms with E-state index < -0.39 is 59.8 Å². The average molecular weight is 577 g/mol. The SMILES string of the molecule is CC(C)CC(NC(=O)C(N)CCCCN)C(=O)NC(C(=O)NC(C)C(=O)NC(Cc1ccccc1)C(=O)O)C(C)C. The summed E-state index contributed by atoms with van der Waals surface area (Å²) in [7, 11) is 0. The molecule has 1 aromatic carbocycles. The minimum Gasteiger partial charge on any atom is -0.480 e. The van der Waals surface area contributed by atoms with Gasteiger partial charge >= 0.3 is 5.97 Å². The molecule has 4 amide bonds. The second-order valence-corrected chi connectivity index (χ2v) is 11.1. The minimum atomic E-state index is -1.20. The van der Waals surface area contributed by atoms with Gasteiger partial charge in [0.25, 0.3) is 0 Å². The molecule has 0 spiro atoms. The Bertz CT molecular complexity index is 1000. The average Bonchev–Trinajstić information content (AvgIpc) is 2.90. The maximum absolute atomic E-state index is 13.2. The van der Waals surface area contributed by atoms with Crippen molar-refractivity contribution in [3.05, 3.63) is 35.9 Å². The summed E-state index contributed by atoms with van der Waals surface area (Å²) in [6.45, 7) is 9.21. The number of amides is 4. The molecule has 1 aromatic rings. The van der Waals surface area contributed by atoms with Gasteiger partial charge in [-0.2, -0.15) is 0 Å². The molecule has 0 aliphatic carbocycles. The highest BCUT2D eigenvalue weighted by molar-refractivity contribution is 5.95. The maximum Gasteiger partial charge on any atom is 0.326 e. The highest BCUT2D eigenvalue weighted by atomic mass is 16.4. The third kappa shape index (κ3) is 13.1. The zero-order valence-electron chi connectivity index (χ0n) is 24.8. The Balaban J connectivity index is 2.86. The molecule has 5 unspecified atom stereocenters. The van der Waals surface area contributed by atoms with E-state index in [4.69, 9.17) is 11.5 Å². The van der Waals surface area contributed by atoms with E-state index in [1.807, 2.05) is 13.8 Å². The quantitative estimate of drug-likeness (QED) is 0.122. The lowest BCUT2D eigenvalue weighted by molar-refractivity contribution is -0.142. The number of benzene rings is 1. The van der Waals surface area contributed by atoms with E-state index in [0.717, 1.165) is 12.0 Å². The lowest BCUT2D eigenvalue weighted by atomic mass is 9.99. The smallest absolute Gasteiger partial charge is 0.326 e. The standard InChI is InChI=1S/C29H48N6O6/c1-17(2)15-22(33-26(37)21(31)13-9-10-14-30)27(38)35-24(18(3)4)28(39)32-19(5)25(36)34-23(29(40)41)16-20-11-7-6-8-12-20/h6-8,11-12,17-19,21-24H,9-10,13-16,30-31H2,1-5H3,(H,32,39)(H,33,37)(H,34,36)(H,35,38)(H,40,41). The van der Waals surface area contributed by atoms with Gasteiger partial charge < -0.3 is 37.8 Å². The summed E-state index contributed by atoms with van der Waals surface area (Å²) in [6.07, 6.45) is 2.27. The lowest BCUT2D eigenvalue weighted by Gasteiger charge is -2.28. The van der Waals surface area contributed by atoms with Crippen LogP contribution in [0, 0.1) is 11.8 Å². The first-order valence-corrected chi connectivity index (χ1v) is 14.2. The number of hydrogen-bond donors (Lipinski definition) is 7. The first-order chi connectivity index (χ1) is 19.3. The Morgan fingerprint density at radius 1 is 0.780 bits per heavy atom. The van der Waals surface area contributed by atoms with Crippen LogP contribution < -0.4 is 32.7 Å². The Kier molecular flexibility index (Phi) is 15.6. The Morgan fingerprint density at radius 2 is 1.39 bits per heavy atom. The molecule has 0 aliphatic rings. The number of nitrogens with two attached hydrogens (primary N) is 2. The van der Waals surface area contributed by atoms with Crippen LogP contribution in [0.4, 0.5) is 0 Å². The van der Waals surface area contributed by atoms with Crippen LogP contribution in [0.15, 0.2) is 30.3 Å². The molecule has 0 heterocycles. The number of carbonyl (C=O) groups is 5. The van der Waals surface area contributed by atoms with E-state index in [1.54, 1.807) is 44.2 Å². The Hall–Kier alpha value is -3.51. The van der Waals surface area contributed by atoms with Gasteiger partial charge in [-0.1, -0.05) is 64.4 Å². The molecule has 5 atom stereocenters. The van der Waals surface area contributed by atoms with Crippen LogP contribution in [-0.4, -0.2) is 71.5 Å². The fourth-order valence-electron chi connectivity index (χ4n) is 4.13. The van der Waals surface area contributed by atoms with Gasteiger partial charge in [0.15, 0.2) is 0 Å². The largest absolute Gasteiger partial charge is 0.480 e. The number of carboxylic acids is 1. The minimum absolute atomic E-state index is 0.0626. The monoisotopic (exact) mass is 576 g/mol. The van der Waals surface area contributed by atoms with Gasteiger partial charge in [-0.25, -0.2) is 4.79 Å². The van der Waals surface area contributed by atoms with E-state index in [-0.39, 0.29) is 18.3 Å². The van der Waals surface area contributed by atoms with Gasteiger partial charge in [0.1, 0.15) is 24.2 Å². The van der Waals surface area contributed by atoms with Gasteiger partial charge in [-0.15, -0.1) is 0 Å². The summed E-state index contributed by atoms with van der Waals surface area (Å²) < 4.78 is 0. The molecule has 0 aromatic heterocycles. The van der Waals surface area contributed by atoms with Crippen molar-refractivity contribution < 1.29 is 29.1 Å². The van der Waals surface area contributed by atoms with E-state index in [1.165, 1.54) is 6.92 Å². The fraction of sp³-hybridized carbons (Fsp3) is 0.621. The molecule has 0 radical (unpaired) electrons. The third-order valence-corrected chi connectivity index (χ3v) is 6.54. The van der Waals surface area contributed by atoms with E-state index >= 15 is 0 Å². The van der Waals surface area contributed by atoms with Gasteiger partial charge in [0, 0.05) is 6.42 Å². The summed E-state index contributed by atoms with van der Waals surface area (Å²) in [6, 6.07) is 3.89. The second-order valence-electron chi connectivity index (χ2n) is 11.1. The van der Waals surface area contributed by atoms with Crippen LogP contribution in [0.1, 0.15) is 65.9 Å². The summed E-state index contributed by atoms with van der Waals surface area (Å²) in [4.78, 5) is 63.5. The number of unbranched alkanes of at least 4 members (excludes halogenated alkanes) is 1. The first kappa shape index (κ1) is 35.5. The molecule has 12 nitrogen and oxygen atoms in total. The molecular formula is C29H48N6O6. The number of hydrogen-bond acceptors (Lipinski definition) is 7. The summed E-state index contributed by atoms with van der Waals surface area (Å²) in [5.74, 6) is -3.78. The summed E-state index contributed by atoms with van der Waals surface area (Å²) in [5, 5.41) is 20.0. The van der Waals surface area contributed by atoms with Crippen LogP contribution >= 0.6 is 0 Å². The number of rotatable bonds is 18. The molecule has 0 saturated heterocycles. The van der Waals surface area contributed by atoms with Crippen molar-refractivity contribution in [3.63, 3.8) is 0 Å². The third-order valence-electron chi connectivity index (χ3n) is 6.54. The number of carboxylic acid groups (broad SMARTS) is 1. The zero-order valence-corrected chi connectivity index (χ0v) is 24.8. The van der Waals surface area contributed by atoms with Crippen molar-refractivity contribution in [2.75, 3.05) is 6.54 Å². The fourth-order valence-corrected chi connectivity index (χ4v) is 4.13. The van der Waals surface area contributed by atoms with Crippen molar-refractivity contribution in [3.8, 4) is 0 Å². The molecule has 1 rings (SSSR count). The molecule has 230 valence electrons. The molecule has 41 heavy (non-hydrogen) atoms. The van der Waals surface area contributed by atoms with Crippen LogP contribution in [0.2, 0.25) is 0 Å². The predicted octanol–water partition coefficient (Wildman–Crippen LogP) is 0.431. The summed E-state index contributed by atoms with van der Waals surface area (Å²) >= 11 is 0. The van der Waals surface area contributed by atoms with Crippen LogP contribution in [-0.2, 0) is 30.4 Å². The second kappa shape index (κ2) is 18.0. The van der Waals surface area contributed by atoms with Gasteiger partial charge in [0.2, 0.25) is 23.6 Å².